The van der Waals surface area contributed by atoms with Crippen LogP contribution >= 0.6 is 12.4 Å². The number of carbonyl (C=O) groups excluding carboxylic acids is 1. The first-order valence-electron chi connectivity index (χ1n) is 6.83. The molecule has 0 spiro atoms. The maximum Gasteiger partial charge on any atom is 0.231 e. The van der Waals surface area contributed by atoms with Gasteiger partial charge in [-0.25, -0.2) is 0 Å². The summed E-state index contributed by atoms with van der Waals surface area (Å²) in [4.78, 5) is 12.0. The van der Waals surface area contributed by atoms with E-state index >= 15 is 0 Å². The molecule has 7 heteroatoms. The van der Waals surface area contributed by atoms with Gasteiger partial charge in [0.25, 0.3) is 0 Å². The Hall–Kier alpha value is -1.66. The van der Waals surface area contributed by atoms with Gasteiger partial charge in [0, 0.05) is 18.7 Å². The molecule has 0 aliphatic carbocycles. The monoisotopic (exact) mass is 314 g/mol. The summed E-state index contributed by atoms with van der Waals surface area (Å²) in [6.45, 7) is 0.923. The lowest BCUT2D eigenvalue weighted by Gasteiger charge is -2.22. The molecular formula is C14H19ClN2O4. The van der Waals surface area contributed by atoms with Gasteiger partial charge in [-0.15, -0.1) is 12.4 Å². The number of rotatable bonds is 3. The van der Waals surface area contributed by atoms with Gasteiger partial charge in [-0.3, -0.25) is 4.79 Å². The van der Waals surface area contributed by atoms with Gasteiger partial charge in [0.2, 0.25) is 12.7 Å². The van der Waals surface area contributed by atoms with Gasteiger partial charge in [-0.1, -0.05) is 0 Å². The third-order valence-electron chi connectivity index (χ3n) is 3.51. The number of carbonyl (C=O) groups is 1. The molecule has 1 atom stereocenters. The smallest absolute Gasteiger partial charge is 0.231 e. The number of hydrogen-bond donors (Lipinski definition) is 2. The van der Waals surface area contributed by atoms with Crippen molar-refractivity contribution in [1.82, 2.24) is 0 Å². The van der Waals surface area contributed by atoms with E-state index < -0.39 is 0 Å². The number of nitrogens with one attached hydrogen (secondary N) is 1. The Kier molecular flexibility index (Phi) is 5.14. The summed E-state index contributed by atoms with van der Waals surface area (Å²) < 4.78 is 16.1. The second-order valence-corrected chi connectivity index (χ2v) is 5.03. The first-order valence-corrected chi connectivity index (χ1v) is 6.83. The summed E-state index contributed by atoms with van der Waals surface area (Å²) in [5.41, 5.74) is 6.91. The van der Waals surface area contributed by atoms with Crippen molar-refractivity contribution in [2.75, 3.05) is 24.5 Å². The van der Waals surface area contributed by atoms with Crippen molar-refractivity contribution in [3.05, 3.63) is 12.1 Å². The Morgan fingerprint density at radius 1 is 1.29 bits per heavy atom. The van der Waals surface area contributed by atoms with Gasteiger partial charge in [0.05, 0.1) is 23.9 Å². The van der Waals surface area contributed by atoms with Crippen LogP contribution in [-0.2, 0) is 9.53 Å². The maximum atomic E-state index is 12.0. The number of amides is 1. The zero-order valence-corrected chi connectivity index (χ0v) is 12.4. The second-order valence-electron chi connectivity index (χ2n) is 5.03. The highest BCUT2D eigenvalue weighted by Gasteiger charge is 2.20. The highest BCUT2D eigenvalue weighted by atomic mass is 35.5. The van der Waals surface area contributed by atoms with E-state index in [4.69, 9.17) is 19.9 Å². The number of fused-ring (bicyclic) bond motifs is 1. The standard InChI is InChI=1S/C14H18N2O4.ClH/c15-10-6-12-13(20-8-19-12)7-11(10)16-14(17)5-9-3-1-2-4-18-9;/h6-7,9H,1-5,8,15H2,(H,16,17);1H. The van der Waals surface area contributed by atoms with Crippen LogP contribution in [0.4, 0.5) is 11.4 Å². The number of hydrogen-bond acceptors (Lipinski definition) is 5. The van der Waals surface area contributed by atoms with E-state index in [0.29, 0.717) is 29.3 Å². The Balaban J connectivity index is 0.00000161. The number of ether oxygens (including phenoxy) is 3. The molecule has 1 unspecified atom stereocenters. The van der Waals surface area contributed by atoms with Crippen LogP contribution < -0.4 is 20.5 Å². The Morgan fingerprint density at radius 3 is 2.76 bits per heavy atom. The normalized spacial score (nSPS) is 19.7. The largest absolute Gasteiger partial charge is 0.454 e. The highest BCUT2D eigenvalue weighted by Crippen LogP contribution is 2.38. The molecule has 1 saturated heterocycles. The molecule has 2 aliphatic heterocycles. The van der Waals surface area contributed by atoms with Crippen LogP contribution in [0.15, 0.2) is 12.1 Å². The average Bonchev–Trinajstić information content (AvgIpc) is 2.87. The van der Waals surface area contributed by atoms with Crippen LogP contribution in [0.1, 0.15) is 25.7 Å². The lowest BCUT2D eigenvalue weighted by molar-refractivity contribution is -0.119. The molecule has 0 aromatic heterocycles. The average molecular weight is 315 g/mol. The van der Waals surface area contributed by atoms with Crippen LogP contribution in [0.2, 0.25) is 0 Å². The fourth-order valence-electron chi connectivity index (χ4n) is 2.44. The Labute approximate surface area is 129 Å². The third kappa shape index (κ3) is 3.71. The van der Waals surface area contributed by atoms with Crippen LogP contribution in [0.25, 0.3) is 0 Å². The molecule has 116 valence electrons. The summed E-state index contributed by atoms with van der Waals surface area (Å²) in [5.74, 6) is 1.11. The van der Waals surface area contributed by atoms with Crippen molar-refractivity contribution in [3.63, 3.8) is 0 Å². The molecule has 1 aromatic rings. The minimum Gasteiger partial charge on any atom is -0.454 e. The van der Waals surface area contributed by atoms with E-state index in [1.165, 1.54) is 0 Å². The number of benzene rings is 1. The Morgan fingerprint density at radius 2 is 2.05 bits per heavy atom. The van der Waals surface area contributed by atoms with E-state index in [0.717, 1.165) is 25.9 Å². The van der Waals surface area contributed by atoms with Crippen molar-refractivity contribution >= 4 is 29.7 Å². The number of anilines is 2. The van der Waals surface area contributed by atoms with E-state index in [2.05, 4.69) is 5.32 Å². The van der Waals surface area contributed by atoms with Crippen molar-refractivity contribution in [2.45, 2.75) is 31.8 Å². The van der Waals surface area contributed by atoms with E-state index in [-0.39, 0.29) is 31.2 Å². The zero-order chi connectivity index (χ0) is 13.9. The van der Waals surface area contributed by atoms with E-state index in [1.54, 1.807) is 12.1 Å². The first-order chi connectivity index (χ1) is 9.72. The second kappa shape index (κ2) is 6.87. The van der Waals surface area contributed by atoms with Gasteiger partial charge in [-0.2, -0.15) is 0 Å². The molecule has 0 radical (unpaired) electrons. The molecule has 3 N–H and O–H groups in total. The number of halogens is 1. The highest BCUT2D eigenvalue weighted by molar-refractivity contribution is 5.94. The summed E-state index contributed by atoms with van der Waals surface area (Å²) in [5, 5.41) is 2.81. The van der Waals surface area contributed by atoms with Crippen molar-refractivity contribution in [2.24, 2.45) is 0 Å². The molecular weight excluding hydrogens is 296 g/mol. The van der Waals surface area contributed by atoms with Crippen molar-refractivity contribution in [1.29, 1.82) is 0 Å². The molecule has 1 amide bonds. The maximum absolute atomic E-state index is 12.0. The number of nitrogens with two attached hydrogens (primary N) is 1. The van der Waals surface area contributed by atoms with Crippen molar-refractivity contribution < 1.29 is 19.0 Å². The summed E-state index contributed by atoms with van der Waals surface area (Å²) >= 11 is 0. The molecule has 21 heavy (non-hydrogen) atoms. The molecule has 1 fully saturated rings. The lowest BCUT2D eigenvalue weighted by Crippen LogP contribution is -2.25. The molecule has 1 aromatic carbocycles. The predicted molar refractivity (Wildman–Crippen MR) is 81.1 cm³/mol. The fraction of sp³-hybridized carbons (Fsp3) is 0.500. The van der Waals surface area contributed by atoms with Crippen LogP contribution in [0, 0.1) is 0 Å². The molecule has 3 rings (SSSR count). The minimum atomic E-state index is -0.0949. The van der Waals surface area contributed by atoms with Gasteiger partial charge >= 0.3 is 0 Å². The van der Waals surface area contributed by atoms with Crippen molar-refractivity contribution in [3.8, 4) is 11.5 Å². The molecule has 0 saturated carbocycles. The van der Waals surface area contributed by atoms with Crippen LogP contribution in [0.3, 0.4) is 0 Å². The predicted octanol–water partition coefficient (Wildman–Crippen LogP) is 2.32. The quantitative estimate of drug-likeness (QED) is 0.837. The van der Waals surface area contributed by atoms with Gasteiger partial charge < -0.3 is 25.3 Å². The lowest BCUT2D eigenvalue weighted by atomic mass is 10.1. The van der Waals surface area contributed by atoms with Gasteiger partial charge in [-0.05, 0) is 19.3 Å². The van der Waals surface area contributed by atoms with Crippen LogP contribution in [0.5, 0.6) is 11.5 Å². The molecule has 0 bridgehead atoms. The molecule has 6 nitrogen and oxygen atoms in total. The summed E-state index contributed by atoms with van der Waals surface area (Å²) in [6, 6.07) is 3.35. The van der Waals surface area contributed by atoms with Gasteiger partial charge in [0.1, 0.15) is 0 Å². The van der Waals surface area contributed by atoms with Gasteiger partial charge in [0.15, 0.2) is 11.5 Å². The molecule has 2 aliphatic rings. The van der Waals surface area contributed by atoms with E-state index in [1.807, 2.05) is 0 Å². The topological polar surface area (TPSA) is 82.8 Å². The number of nitrogen functional groups attached to an aromatic ring is 1. The Bertz CT molecular complexity index is 518. The molecule has 2 heterocycles. The summed E-state index contributed by atoms with van der Waals surface area (Å²) in [6.07, 6.45) is 3.49. The minimum absolute atomic E-state index is 0. The van der Waals surface area contributed by atoms with E-state index in [9.17, 15) is 4.79 Å². The SMILES string of the molecule is Cl.Nc1cc2c(cc1NC(=O)CC1CCCCO1)OCO2. The van der Waals surface area contributed by atoms with Crippen LogP contribution in [-0.4, -0.2) is 25.4 Å². The zero-order valence-electron chi connectivity index (χ0n) is 11.6. The fourth-order valence-corrected chi connectivity index (χ4v) is 2.44. The first kappa shape index (κ1) is 15.7. The summed E-state index contributed by atoms with van der Waals surface area (Å²) in [7, 11) is 0. The third-order valence-corrected chi connectivity index (χ3v) is 3.51.